The summed E-state index contributed by atoms with van der Waals surface area (Å²) >= 11 is 0. The van der Waals surface area contributed by atoms with E-state index in [0.717, 1.165) is 38.9 Å². The predicted molar refractivity (Wildman–Crippen MR) is 80.3 cm³/mol. The van der Waals surface area contributed by atoms with E-state index in [1.807, 2.05) is 0 Å². The summed E-state index contributed by atoms with van der Waals surface area (Å²) in [5, 5.41) is 0. The number of aryl methyl sites for hydroxylation is 1. The summed E-state index contributed by atoms with van der Waals surface area (Å²) in [6, 6.07) is 10.5. The maximum absolute atomic E-state index is 5.83. The third kappa shape index (κ3) is 8.02. The second-order valence-corrected chi connectivity index (χ2v) is 4.90. The standard InChI is InChI=1S/C17H28O2/c1-3-5-14-18-17(19-15-6-4-2)13-12-16-10-8-7-9-11-16/h7-11,17H,3-6,12-15H2,1-2H3. The number of benzene rings is 1. The molecule has 19 heavy (non-hydrogen) atoms. The first-order chi connectivity index (χ1) is 9.36. The highest BCUT2D eigenvalue weighted by atomic mass is 16.7. The quantitative estimate of drug-likeness (QED) is 0.430. The Kier molecular flexibility index (Phi) is 9.38. The molecule has 108 valence electrons. The van der Waals surface area contributed by atoms with Crippen LogP contribution in [0.15, 0.2) is 30.3 Å². The highest BCUT2D eigenvalue weighted by Crippen LogP contribution is 2.10. The first-order valence-corrected chi connectivity index (χ1v) is 7.64. The molecule has 0 N–H and O–H groups in total. The van der Waals surface area contributed by atoms with Gasteiger partial charge in [0.2, 0.25) is 0 Å². The van der Waals surface area contributed by atoms with Crippen molar-refractivity contribution in [3.05, 3.63) is 35.9 Å². The van der Waals surface area contributed by atoms with Crippen molar-refractivity contribution in [3.8, 4) is 0 Å². The van der Waals surface area contributed by atoms with E-state index in [1.54, 1.807) is 0 Å². The van der Waals surface area contributed by atoms with Crippen LogP contribution in [-0.4, -0.2) is 19.5 Å². The van der Waals surface area contributed by atoms with E-state index in [0.29, 0.717) is 0 Å². The van der Waals surface area contributed by atoms with Crippen LogP contribution in [0.2, 0.25) is 0 Å². The van der Waals surface area contributed by atoms with Crippen molar-refractivity contribution in [2.75, 3.05) is 13.2 Å². The zero-order valence-corrected chi connectivity index (χ0v) is 12.4. The summed E-state index contributed by atoms with van der Waals surface area (Å²) in [7, 11) is 0. The summed E-state index contributed by atoms with van der Waals surface area (Å²) in [4.78, 5) is 0. The molecular formula is C17H28O2. The van der Waals surface area contributed by atoms with Gasteiger partial charge in [-0.2, -0.15) is 0 Å². The molecule has 2 heteroatoms. The Hall–Kier alpha value is -0.860. The molecule has 0 heterocycles. The smallest absolute Gasteiger partial charge is 0.157 e. The summed E-state index contributed by atoms with van der Waals surface area (Å²) in [5.74, 6) is 0. The van der Waals surface area contributed by atoms with Gasteiger partial charge < -0.3 is 9.47 Å². The molecule has 0 bridgehead atoms. The molecule has 0 aliphatic rings. The number of hydrogen-bond acceptors (Lipinski definition) is 2. The van der Waals surface area contributed by atoms with Gasteiger partial charge in [-0.05, 0) is 24.8 Å². The normalized spacial score (nSPS) is 11.1. The van der Waals surface area contributed by atoms with Crippen molar-refractivity contribution in [2.45, 2.75) is 58.7 Å². The van der Waals surface area contributed by atoms with E-state index in [9.17, 15) is 0 Å². The molecule has 0 unspecified atom stereocenters. The fraction of sp³-hybridized carbons (Fsp3) is 0.647. The lowest BCUT2D eigenvalue weighted by molar-refractivity contribution is -0.146. The van der Waals surface area contributed by atoms with Crippen LogP contribution in [0.25, 0.3) is 0 Å². The van der Waals surface area contributed by atoms with Crippen molar-refractivity contribution in [2.24, 2.45) is 0 Å². The fourth-order valence-corrected chi connectivity index (χ4v) is 1.86. The third-order valence-corrected chi connectivity index (χ3v) is 3.11. The summed E-state index contributed by atoms with van der Waals surface area (Å²) < 4.78 is 11.7. The minimum Gasteiger partial charge on any atom is -0.353 e. The number of unbranched alkanes of at least 4 members (excludes halogenated alkanes) is 2. The molecule has 0 atom stereocenters. The highest BCUT2D eigenvalue weighted by molar-refractivity contribution is 5.14. The van der Waals surface area contributed by atoms with E-state index in [4.69, 9.17) is 9.47 Å². The number of ether oxygens (including phenoxy) is 2. The summed E-state index contributed by atoms with van der Waals surface area (Å²) in [6.45, 7) is 5.98. The van der Waals surface area contributed by atoms with Crippen LogP contribution < -0.4 is 0 Å². The van der Waals surface area contributed by atoms with Crippen LogP contribution in [0.3, 0.4) is 0 Å². The summed E-state index contributed by atoms with van der Waals surface area (Å²) in [6.07, 6.45) is 6.47. The Morgan fingerprint density at radius 3 is 2.00 bits per heavy atom. The maximum Gasteiger partial charge on any atom is 0.157 e. The minimum atomic E-state index is -0.0432. The molecule has 2 nitrogen and oxygen atoms in total. The Labute approximate surface area is 118 Å². The van der Waals surface area contributed by atoms with E-state index in [1.165, 1.54) is 18.4 Å². The Bertz CT molecular complexity index is 287. The van der Waals surface area contributed by atoms with Gasteiger partial charge in [-0.3, -0.25) is 0 Å². The molecule has 1 aromatic rings. The van der Waals surface area contributed by atoms with Gasteiger partial charge in [0.1, 0.15) is 0 Å². The highest BCUT2D eigenvalue weighted by Gasteiger charge is 2.09. The Morgan fingerprint density at radius 2 is 1.47 bits per heavy atom. The van der Waals surface area contributed by atoms with Crippen molar-refractivity contribution in [3.63, 3.8) is 0 Å². The summed E-state index contributed by atoms with van der Waals surface area (Å²) in [5.41, 5.74) is 1.35. The van der Waals surface area contributed by atoms with Crippen LogP contribution in [0.4, 0.5) is 0 Å². The van der Waals surface area contributed by atoms with Crippen molar-refractivity contribution in [1.82, 2.24) is 0 Å². The lowest BCUT2D eigenvalue weighted by Gasteiger charge is -2.18. The molecule has 0 aromatic heterocycles. The molecule has 0 saturated heterocycles. The largest absolute Gasteiger partial charge is 0.353 e. The van der Waals surface area contributed by atoms with Crippen LogP contribution in [-0.2, 0) is 15.9 Å². The zero-order valence-electron chi connectivity index (χ0n) is 12.4. The first kappa shape index (κ1) is 16.2. The maximum atomic E-state index is 5.83. The van der Waals surface area contributed by atoms with Gasteiger partial charge in [0.25, 0.3) is 0 Å². The average molecular weight is 264 g/mol. The monoisotopic (exact) mass is 264 g/mol. The molecular weight excluding hydrogens is 236 g/mol. The lowest BCUT2D eigenvalue weighted by atomic mass is 10.1. The second-order valence-electron chi connectivity index (χ2n) is 4.90. The lowest BCUT2D eigenvalue weighted by Crippen LogP contribution is -2.19. The second kappa shape index (κ2) is 11.0. The molecule has 0 spiro atoms. The SMILES string of the molecule is CCCCOC(CCc1ccccc1)OCCCC. The van der Waals surface area contributed by atoms with E-state index >= 15 is 0 Å². The first-order valence-electron chi connectivity index (χ1n) is 7.64. The number of hydrogen-bond donors (Lipinski definition) is 0. The van der Waals surface area contributed by atoms with Gasteiger partial charge in [0.05, 0.1) is 0 Å². The molecule has 0 saturated carbocycles. The number of rotatable bonds is 11. The van der Waals surface area contributed by atoms with Gasteiger partial charge in [-0.1, -0.05) is 57.0 Å². The van der Waals surface area contributed by atoms with Crippen LogP contribution in [0.5, 0.6) is 0 Å². The topological polar surface area (TPSA) is 18.5 Å². The van der Waals surface area contributed by atoms with Gasteiger partial charge in [0, 0.05) is 19.6 Å². The zero-order chi connectivity index (χ0) is 13.8. The molecule has 0 aliphatic carbocycles. The Morgan fingerprint density at radius 1 is 0.895 bits per heavy atom. The van der Waals surface area contributed by atoms with Gasteiger partial charge >= 0.3 is 0 Å². The fourth-order valence-electron chi connectivity index (χ4n) is 1.86. The molecule has 0 amide bonds. The van der Waals surface area contributed by atoms with E-state index in [2.05, 4.69) is 44.2 Å². The molecule has 0 radical (unpaired) electrons. The van der Waals surface area contributed by atoms with E-state index < -0.39 is 0 Å². The molecule has 1 aromatic carbocycles. The Balaban J connectivity index is 2.30. The molecule has 1 rings (SSSR count). The third-order valence-electron chi connectivity index (χ3n) is 3.11. The average Bonchev–Trinajstić information content (AvgIpc) is 2.45. The van der Waals surface area contributed by atoms with Crippen molar-refractivity contribution >= 4 is 0 Å². The van der Waals surface area contributed by atoms with Crippen molar-refractivity contribution in [1.29, 1.82) is 0 Å². The van der Waals surface area contributed by atoms with Crippen LogP contribution in [0.1, 0.15) is 51.5 Å². The predicted octanol–water partition coefficient (Wildman–Crippen LogP) is 4.58. The van der Waals surface area contributed by atoms with Gasteiger partial charge in [-0.15, -0.1) is 0 Å². The molecule has 0 aliphatic heterocycles. The van der Waals surface area contributed by atoms with Crippen LogP contribution in [0, 0.1) is 0 Å². The van der Waals surface area contributed by atoms with Gasteiger partial charge in [0.15, 0.2) is 6.29 Å². The van der Waals surface area contributed by atoms with Crippen LogP contribution >= 0.6 is 0 Å². The van der Waals surface area contributed by atoms with Crippen molar-refractivity contribution < 1.29 is 9.47 Å². The molecule has 0 fully saturated rings. The van der Waals surface area contributed by atoms with Gasteiger partial charge in [-0.25, -0.2) is 0 Å². The minimum absolute atomic E-state index is 0.0432. The van der Waals surface area contributed by atoms with E-state index in [-0.39, 0.29) is 6.29 Å².